The first kappa shape index (κ1) is 15.0. The van der Waals surface area contributed by atoms with E-state index in [4.69, 9.17) is 11.6 Å². The Kier molecular flexibility index (Phi) is 4.94. The van der Waals surface area contributed by atoms with E-state index in [0.29, 0.717) is 12.0 Å². The second-order valence-electron chi connectivity index (χ2n) is 5.57. The topological polar surface area (TPSA) is 24.9 Å². The normalized spacial score (nSPS) is 15.9. The van der Waals surface area contributed by atoms with Crippen molar-refractivity contribution in [2.24, 2.45) is 0 Å². The van der Waals surface area contributed by atoms with Crippen molar-refractivity contribution in [1.29, 1.82) is 0 Å². The molecule has 1 unspecified atom stereocenters. The van der Waals surface area contributed by atoms with Gasteiger partial charge in [-0.3, -0.25) is 4.98 Å². The van der Waals surface area contributed by atoms with E-state index < -0.39 is 0 Å². The highest BCUT2D eigenvalue weighted by atomic mass is 79.9. The number of benzene rings is 1. The standard InChI is InChI=1S/C17H18BrClN2/c18-16-4-2-1-3-15(16)13(10-21-14-5-6-14)9-12-7-8-20-11-17(12)19/h1-4,7-8,11,13-14,21H,5-6,9-10H2. The largest absolute Gasteiger partial charge is 0.313 e. The van der Waals surface area contributed by atoms with Gasteiger partial charge in [0.25, 0.3) is 0 Å². The van der Waals surface area contributed by atoms with Crippen molar-refractivity contribution in [3.8, 4) is 0 Å². The van der Waals surface area contributed by atoms with Crippen molar-refractivity contribution in [1.82, 2.24) is 10.3 Å². The third-order valence-electron chi connectivity index (χ3n) is 3.90. The molecule has 1 fully saturated rings. The Labute approximate surface area is 139 Å². The van der Waals surface area contributed by atoms with Gasteiger partial charge in [-0.05, 0) is 42.5 Å². The smallest absolute Gasteiger partial charge is 0.0621 e. The molecule has 1 heterocycles. The Bertz CT molecular complexity index is 613. The van der Waals surface area contributed by atoms with Crippen molar-refractivity contribution in [2.45, 2.75) is 31.2 Å². The molecule has 1 N–H and O–H groups in total. The highest BCUT2D eigenvalue weighted by Gasteiger charge is 2.23. The van der Waals surface area contributed by atoms with Crippen LogP contribution in [-0.4, -0.2) is 17.6 Å². The lowest BCUT2D eigenvalue weighted by Gasteiger charge is -2.20. The number of nitrogens with one attached hydrogen (secondary N) is 1. The molecule has 21 heavy (non-hydrogen) atoms. The summed E-state index contributed by atoms with van der Waals surface area (Å²) in [4.78, 5) is 4.07. The van der Waals surface area contributed by atoms with Crippen LogP contribution < -0.4 is 5.32 Å². The zero-order valence-corrected chi connectivity index (χ0v) is 14.1. The summed E-state index contributed by atoms with van der Waals surface area (Å²) in [6, 6.07) is 11.2. The summed E-state index contributed by atoms with van der Waals surface area (Å²) in [5.41, 5.74) is 2.49. The molecule has 1 aliphatic rings. The summed E-state index contributed by atoms with van der Waals surface area (Å²) in [6.45, 7) is 0.978. The first-order valence-electron chi connectivity index (χ1n) is 7.30. The second kappa shape index (κ2) is 6.91. The van der Waals surface area contributed by atoms with E-state index in [-0.39, 0.29) is 0 Å². The van der Waals surface area contributed by atoms with E-state index in [1.54, 1.807) is 6.20 Å². The Balaban J connectivity index is 1.81. The fourth-order valence-corrected chi connectivity index (χ4v) is 3.33. The van der Waals surface area contributed by atoms with E-state index in [2.05, 4.69) is 50.5 Å². The molecule has 110 valence electrons. The molecule has 0 bridgehead atoms. The van der Waals surface area contributed by atoms with Crippen LogP contribution in [0.25, 0.3) is 0 Å². The van der Waals surface area contributed by atoms with Gasteiger partial charge in [0.1, 0.15) is 0 Å². The molecule has 0 saturated heterocycles. The molecule has 4 heteroatoms. The minimum absolute atomic E-state index is 0.404. The van der Waals surface area contributed by atoms with E-state index in [9.17, 15) is 0 Å². The maximum atomic E-state index is 6.28. The average molecular weight is 366 g/mol. The molecule has 1 aromatic heterocycles. The first-order chi connectivity index (χ1) is 10.2. The molecule has 1 aliphatic carbocycles. The van der Waals surface area contributed by atoms with Crippen molar-refractivity contribution < 1.29 is 0 Å². The maximum absolute atomic E-state index is 6.28. The van der Waals surface area contributed by atoms with Crippen LogP contribution in [0.5, 0.6) is 0 Å². The van der Waals surface area contributed by atoms with Crippen LogP contribution in [0.1, 0.15) is 29.9 Å². The van der Waals surface area contributed by atoms with E-state index in [1.165, 1.54) is 18.4 Å². The number of hydrogen-bond donors (Lipinski definition) is 1. The summed E-state index contributed by atoms with van der Waals surface area (Å²) < 4.78 is 1.16. The Morgan fingerprint density at radius 1 is 1.29 bits per heavy atom. The third kappa shape index (κ3) is 4.06. The van der Waals surface area contributed by atoms with Crippen LogP contribution in [0.2, 0.25) is 5.02 Å². The van der Waals surface area contributed by atoms with Crippen LogP contribution in [0.4, 0.5) is 0 Å². The SMILES string of the molecule is Clc1cnccc1CC(CNC1CC1)c1ccccc1Br. The maximum Gasteiger partial charge on any atom is 0.0621 e. The van der Waals surface area contributed by atoms with Gasteiger partial charge in [-0.1, -0.05) is 45.7 Å². The molecule has 2 aromatic rings. The summed E-state index contributed by atoms with van der Waals surface area (Å²) in [6.07, 6.45) is 7.07. The molecule has 0 radical (unpaired) electrons. The van der Waals surface area contributed by atoms with Gasteiger partial charge in [-0.25, -0.2) is 0 Å². The number of rotatable bonds is 6. The number of nitrogens with zero attached hydrogens (tertiary/aromatic N) is 1. The van der Waals surface area contributed by atoms with Crippen molar-refractivity contribution in [3.63, 3.8) is 0 Å². The van der Waals surface area contributed by atoms with Gasteiger partial charge in [0.2, 0.25) is 0 Å². The van der Waals surface area contributed by atoms with Gasteiger partial charge in [-0.2, -0.15) is 0 Å². The molecule has 1 saturated carbocycles. The minimum Gasteiger partial charge on any atom is -0.313 e. The summed E-state index contributed by atoms with van der Waals surface area (Å²) in [5.74, 6) is 0.404. The van der Waals surface area contributed by atoms with E-state index in [1.807, 2.05) is 12.3 Å². The van der Waals surface area contributed by atoms with Gasteiger partial charge in [0, 0.05) is 35.4 Å². The molecule has 1 atom stereocenters. The Morgan fingerprint density at radius 3 is 2.81 bits per heavy atom. The predicted molar refractivity (Wildman–Crippen MR) is 90.9 cm³/mol. The number of halogens is 2. The lowest BCUT2D eigenvalue weighted by Crippen LogP contribution is -2.25. The van der Waals surface area contributed by atoms with Crippen molar-refractivity contribution in [3.05, 3.63) is 63.3 Å². The van der Waals surface area contributed by atoms with Crippen LogP contribution in [0.15, 0.2) is 47.2 Å². The number of pyridine rings is 1. The summed E-state index contributed by atoms with van der Waals surface area (Å²) >= 11 is 9.95. The molecule has 0 spiro atoms. The minimum atomic E-state index is 0.404. The average Bonchev–Trinajstić information content (AvgIpc) is 3.30. The summed E-state index contributed by atoms with van der Waals surface area (Å²) in [5, 5.41) is 4.39. The van der Waals surface area contributed by atoms with E-state index >= 15 is 0 Å². The number of aromatic nitrogens is 1. The highest BCUT2D eigenvalue weighted by molar-refractivity contribution is 9.10. The van der Waals surface area contributed by atoms with Crippen molar-refractivity contribution >= 4 is 27.5 Å². The van der Waals surface area contributed by atoms with Gasteiger partial charge < -0.3 is 5.32 Å². The molecular formula is C17H18BrClN2. The Morgan fingerprint density at radius 2 is 2.10 bits per heavy atom. The molecule has 1 aromatic carbocycles. The van der Waals surface area contributed by atoms with Crippen LogP contribution in [-0.2, 0) is 6.42 Å². The van der Waals surface area contributed by atoms with Gasteiger partial charge in [-0.15, -0.1) is 0 Å². The summed E-state index contributed by atoms with van der Waals surface area (Å²) in [7, 11) is 0. The van der Waals surface area contributed by atoms with Gasteiger partial charge in [0.05, 0.1) is 5.02 Å². The van der Waals surface area contributed by atoms with Crippen molar-refractivity contribution in [2.75, 3.05) is 6.54 Å². The van der Waals surface area contributed by atoms with Crippen LogP contribution in [0, 0.1) is 0 Å². The Hall–Kier alpha value is -0.900. The zero-order chi connectivity index (χ0) is 14.7. The molecule has 0 amide bonds. The molecule has 3 rings (SSSR count). The zero-order valence-electron chi connectivity index (χ0n) is 11.7. The fraction of sp³-hybridized carbons (Fsp3) is 0.353. The first-order valence-corrected chi connectivity index (χ1v) is 8.47. The van der Waals surface area contributed by atoms with E-state index in [0.717, 1.165) is 28.0 Å². The lowest BCUT2D eigenvalue weighted by molar-refractivity contribution is 0.575. The van der Waals surface area contributed by atoms with Gasteiger partial charge in [0.15, 0.2) is 0 Å². The quantitative estimate of drug-likeness (QED) is 0.810. The predicted octanol–water partition coefficient (Wildman–Crippen LogP) is 4.58. The molecule has 0 aliphatic heterocycles. The number of hydrogen-bond acceptors (Lipinski definition) is 2. The van der Waals surface area contributed by atoms with Gasteiger partial charge >= 0.3 is 0 Å². The second-order valence-corrected chi connectivity index (χ2v) is 6.83. The molecule has 2 nitrogen and oxygen atoms in total. The lowest BCUT2D eigenvalue weighted by atomic mass is 9.92. The molecular weight excluding hydrogens is 348 g/mol. The van der Waals surface area contributed by atoms with Crippen LogP contribution in [0.3, 0.4) is 0 Å². The third-order valence-corrected chi connectivity index (χ3v) is 4.96. The van der Waals surface area contributed by atoms with Crippen LogP contribution >= 0.6 is 27.5 Å². The fourth-order valence-electron chi connectivity index (χ4n) is 2.53. The monoisotopic (exact) mass is 364 g/mol. The highest BCUT2D eigenvalue weighted by Crippen LogP contribution is 2.30.